The number of aryl methyl sites for hydroxylation is 1. The number of hydrogen-bond donors (Lipinski definition) is 1. The third kappa shape index (κ3) is 3.24. The predicted molar refractivity (Wildman–Crippen MR) is 127 cm³/mol. The van der Waals surface area contributed by atoms with Crippen molar-refractivity contribution in [1.82, 2.24) is 14.7 Å². The zero-order valence-corrected chi connectivity index (χ0v) is 18.7. The van der Waals surface area contributed by atoms with Crippen LogP contribution in [0.25, 0.3) is 28.2 Å². The van der Waals surface area contributed by atoms with E-state index in [1.807, 2.05) is 54.0 Å². The summed E-state index contributed by atoms with van der Waals surface area (Å²) in [5.41, 5.74) is 5.52. The number of benzene rings is 3. The number of imidazole rings is 1. The third-order valence-corrected chi connectivity index (χ3v) is 6.32. The maximum Gasteiger partial charge on any atom is 0.168 e. The normalized spacial score (nSPS) is 16.1. The molecule has 1 atom stereocenters. The quantitative estimate of drug-likeness (QED) is 0.377. The number of nitrogens with zero attached hydrogens (tertiary/aromatic N) is 3. The Bertz CT molecular complexity index is 1610. The smallest absolute Gasteiger partial charge is 0.168 e. The summed E-state index contributed by atoms with van der Waals surface area (Å²) in [6.07, 6.45) is 3.18. The van der Waals surface area contributed by atoms with Crippen molar-refractivity contribution in [3.05, 3.63) is 89.8 Å². The fourth-order valence-electron chi connectivity index (χ4n) is 4.73. The zero-order valence-electron chi connectivity index (χ0n) is 18.7. The highest BCUT2D eigenvalue weighted by molar-refractivity contribution is 5.84. The van der Waals surface area contributed by atoms with Gasteiger partial charge >= 0.3 is 0 Å². The first-order chi connectivity index (χ1) is 17.1. The van der Waals surface area contributed by atoms with Gasteiger partial charge in [-0.1, -0.05) is 23.4 Å². The molecule has 2 aliphatic heterocycles. The summed E-state index contributed by atoms with van der Waals surface area (Å²) in [6.45, 7) is 2.75. The van der Waals surface area contributed by atoms with Gasteiger partial charge in [0.05, 0.1) is 29.2 Å². The van der Waals surface area contributed by atoms with Crippen molar-refractivity contribution in [2.45, 2.75) is 13.0 Å². The maximum absolute atomic E-state index is 14.3. The molecule has 35 heavy (non-hydrogen) atoms. The van der Waals surface area contributed by atoms with E-state index in [4.69, 9.17) is 19.0 Å². The number of nitrogens with one attached hydrogen (secondary N) is 1. The first kappa shape index (κ1) is 20.1. The lowest BCUT2D eigenvalue weighted by Crippen LogP contribution is -2.11. The summed E-state index contributed by atoms with van der Waals surface area (Å²) in [7, 11) is 0. The Morgan fingerprint density at radius 3 is 2.91 bits per heavy atom. The molecule has 0 amide bonds. The minimum atomic E-state index is -0.345. The molecule has 7 rings (SSSR count). The van der Waals surface area contributed by atoms with Gasteiger partial charge < -0.3 is 19.3 Å². The van der Waals surface area contributed by atoms with Crippen LogP contribution in [0.1, 0.15) is 22.9 Å². The van der Waals surface area contributed by atoms with Crippen LogP contribution >= 0.6 is 0 Å². The first-order valence-electron chi connectivity index (χ1n) is 11.3. The molecule has 0 saturated heterocycles. The average molecular weight is 466 g/mol. The van der Waals surface area contributed by atoms with Crippen LogP contribution in [0.2, 0.25) is 0 Å². The molecule has 7 nitrogen and oxygen atoms in total. The van der Waals surface area contributed by atoms with Crippen LogP contribution < -0.4 is 14.8 Å². The molecule has 8 heteroatoms. The van der Waals surface area contributed by atoms with Crippen molar-refractivity contribution in [1.29, 1.82) is 0 Å². The highest BCUT2D eigenvalue weighted by Crippen LogP contribution is 2.42. The van der Waals surface area contributed by atoms with Gasteiger partial charge in [-0.25, -0.2) is 9.37 Å². The third-order valence-electron chi connectivity index (χ3n) is 6.32. The maximum atomic E-state index is 14.3. The number of ether oxygens (including phenoxy) is 2. The van der Waals surface area contributed by atoms with Crippen LogP contribution in [0.15, 0.2) is 65.2 Å². The molecular weight excluding hydrogens is 447 g/mol. The minimum absolute atomic E-state index is 0.0679. The number of anilines is 1. The topological polar surface area (TPSA) is 74.3 Å². The fourth-order valence-corrected chi connectivity index (χ4v) is 4.73. The Balaban J connectivity index is 1.34. The first-order valence-corrected chi connectivity index (χ1v) is 11.3. The molecule has 172 valence electrons. The SMILES string of the molecule is Cc1cc(-c2nc3ccc(F)cc3n2-c2cccc3c2OC[C@H]3Nc2ccc3c(c2)OC[C]3)no1. The molecule has 0 unspecified atom stereocenters. The van der Waals surface area contributed by atoms with E-state index in [2.05, 4.69) is 16.9 Å². The summed E-state index contributed by atoms with van der Waals surface area (Å²) in [4.78, 5) is 4.74. The van der Waals surface area contributed by atoms with Crippen LogP contribution in [0.4, 0.5) is 10.1 Å². The molecule has 0 aliphatic carbocycles. The van der Waals surface area contributed by atoms with Gasteiger partial charge in [0.15, 0.2) is 5.82 Å². The fraction of sp³-hybridized carbons (Fsp3) is 0.148. The van der Waals surface area contributed by atoms with Gasteiger partial charge in [0.25, 0.3) is 0 Å². The molecule has 4 heterocycles. The van der Waals surface area contributed by atoms with Crippen LogP contribution in [0.3, 0.4) is 0 Å². The van der Waals surface area contributed by atoms with Crippen molar-refractivity contribution in [2.75, 3.05) is 18.5 Å². The Hall–Kier alpha value is -4.33. The van der Waals surface area contributed by atoms with E-state index in [-0.39, 0.29) is 11.9 Å². The van der Waals surface area contributed by atoms with Gasteiger partial charge in [0.2, 0.25) is 0 Å². The largest absolute Gasteiger partial charge is 0.492 e. The molecule has 0 spiro atoms. The van der Waals surface area contributed by atoms with E-state index < -0.39 is 0 Å². The van der Waals surface area contributed by atoms with E-state index >= 15 is 0 Å². The van der Waals surface area contributed by atoms with Gasteiger partial charge in [-0.15, -0.1) is 0 Å². The number of fused-ring (bicyclic) bond motifs is 3. The molecule has 2 aromatic heterocycles. The van der Waals surface area contributed by atoms with Crippen LogP contribution in [0, 0.1) is 19.2 Å². The van der Waals surface area contributed by atoms with Crippen LogP contribution in [-0.4, -0.2) is 27.9 Å². The summed E-state index contributed by atoms with van der Waals surface area (Å²) >= 11 is 0. The highest BCUT2D eigenvalue weighted by atomic mass is 19.1. The number of para-hydroxylation sites is 1. The Morgan fingerprint density at radius 2 is 2.03 bits per heavy atom. The molecule has 0 bridgehead atoms. The van der Waals surface area contributed by atoms with E-state index in [1.54, 1.807) is 6.07 Å². The second-order valence-electron chi connectivity index (χ2n) is 8.61. The van der Waals surface area contributed by atoms with E-state index in [1.165, 1.54) is 12.1 Å². The van der Waals surface area contributed by atoms with E-state index in [0.29, 0.717) is 47.3 Å². The molecule has 5 aromatic rings. The van der Waals surface area contributed by atoms with Gasteiger partial charge in [-0.2, -0.15) is 0 Å². The van der Waals surface area contributed by atoms with Crippen LogP contribution in [-0.2, 0) is 0 Å². The van der Waals surface area contributed by atoms with Crippen molar-refractivity contribution >= 4 is 16.7 Å². The summed E-state index contributed by atoms with van der Waals surface area (Å²) in [5, 5.41) is 7.71. The van der Waals surface area contributed by atoms with Crippen molar-refractivity contribution in [3.63, 3.8) is 0 Å². The summed E-state index contributed by atoms with van der Waals surface area (Å²) < 4.78 is 33.3. The zero-order chi connectivity index (χ0) is 23.5. The number of hydrogen-bond acceptors (Lipinski definition) is 6. The molecule has 0 saturated carbocycles. The second-order valence-corrected chi connectivity index (χ2v) is 8.61. The standard InChI is InChI=1S/C27H19FN4O3/c1-15-11-21(31-35-15)27-30-20-8-6-17(28)12-24(20)32(27)23-4-2-3-19-22(14-34-26(19)23)29-18-7-5-16-9-10-33-25(16)13-18/h2-8,11-13,22,29H,10,14H2,1H3/t22-/m1/s1. The molecule has 0 fully saturated rings. The van der Waals surface area contributed by atoms with Crippen molar-refractivity contribution < 1.29 is 18.4 Å². The lowest BCUT2D eigenvalue weighted by atomic mass is 10.1. The van der Waals surface area contributed by atoms with Crippen molar-refractivity contribution in [2.24, 2.45) is 0 Å². The molecular formula is C27H19FN4O3. The van der Waals surface area contributed by atoms with E-state index in [9.17, 15) is 4.39 Å². The van der Waals surface area contributed by atoms with Gasteiger partial charge in [0.1, 0.15) is 42.0 Å². The second kappa shape index (κ2) is 7.59. The highest BCUT2D eigenvalue weighted by Gasteiger charge is 2.29. The molecule has 2 radical (unpaired) electrons. The van der Waals surface area contributed by atoms with Crippen LogP contribution in [0.5, 0.6) is 11.5 Å². The van der Waals surface area contributed by atoms with Gasteiger partial charge in [0, 0.05) is 35.0 Å². The Labute approximate surface area is 200 Å². The predicted octanol–water partition coefficient (Wildman–Crippen LogP) is 5.50. The van der Waals surface area contributed by atoms with Crippen molar-refractivity contribution in [3.8, 4) is 28.7 Å². The van der Waals surface area contributed by atoms with E-state index in [0.717, 1.165) is 28.3 Å². The van der Waals surface area contributed by atoms with Gasteiger partial charge in [-0.3, -0.25) is 4.57 Å². The summed E-state index contributed by atoms with van der Waals surface area (Å²) in [5.74, 6) is 2.41. The lowest BCUT2D eigenvalue weighted by molar-refractivity contribution is 0.339. The molecule has 2 aliphatic rings. The minimum Gasteiger partial charge on any atom is -0.492 e. The summed E-state index contributed by atoms with van der Waals surface area (Å²) in [6, 6.07) is 18.2. The Kier molecular flexibility index (Phi) is 4.36. The Morgan fingerprint density at radius 1 is 1.09 bits per heavy atom. The average Bonchev–Trinajstić information content (AvgIpc) is 3.64. The molecule has 1 N–H and O–H groups in total. The lowest BCUT2D eigenvalue weighted by Gasteiger charge is -2.15. The van der Waals surface area contributed by atoms with Gasteiger partial charge in [-0.05, 0) is 31.2 Å². The number of rotatable bonds is 4. The number of aromatic nitrogens is 3. The monoisotopic (exact) mass is 466 g/mol. The number of halogens is 1. The molecule has 3 aromatic carbocycles.